The van der Waals surface area contributed by atoms with Gasteiger partial charge in [0.05, 0.1) is 30.3 Å². The number of fused-ring (bicyclic) bond motifs is 1. The molecule has 0 radical (unpaired) electrons. The molecule has 1 aliphatic heterocycles. The molecule has 2 aromatic rings. The highest BCUT2D eigenvalue weighted by molar-refractivity contribution is 5.82. The number of imidazole rings is 1. The number of hydrogen-bond acceptors (Lipinski definition) is 5. The fourth-order valence-corrected chi connectivity index (χ4v) is 2.42. The van der Waals surface area contributed by atoms with Crippen LogP contribution in [0.1, 0.15) is 22.8 Å². The van der Waals surface area contributed by atoms with Gasteiger partial charge in [-0.15, -0.1) is 0 Å². The number of hydrogen-bond donors (Lipinski definition) is 2. The Morgan fingerprint density at radius 3 is 3.20 bits per heavy atom. The van der Waals surface area contributed by atoms with Gasteiger partial charge < -0.3 is 14.4 Å². The molecule has 3 rings (SSSR count). The predicted octanol–water partition coefficient (Wildman–Crippen LogP) is 0.379. The average molecular weight is 275 g/mol. The minimum atomic E-state index is -0.233. The standard InChI is InChI=1S/C13H17N5O2/c1-8-3-9(17-20-8)6-18(2)13(19)11-4-10-12(5-14-11)16-7-15-10/h3,7,11,14H,4-6H2,1-2H3,(H,15,16). The van der Waals surface area contributed by atoms with Crippen LogP contribution in [0.3, 0.4) is 0 Å². The number of rotatable bonds is 3. The van der Waals surface area contributed by atoms with Crippen LogP contribution in [0, 0.1) is 6.92 Å². The van der Waals surface area contributed by atoms with Gasteiger partial charge in [-0.25, -0.2) is 4.98 Å². The van der Waals surface area contributed by atoms with Gasteiger partial charge in [-0.05, 0) is 6.92 Å². The van der Waals surface area contributed by atoms with Gasteiger partial charge in [0.15, 0.2) is 0 Å². The number of likely N-dealkylation sites (N-methyl/N-ethyl adjacent to an activating group) is 1. The van der Waals surface area contributed by atoms with E-state index in [1.807, 2.05) is 13.0 Å². The Hall–Kier alpha value is -2.15. The van der Waals surface area contributed by atoms with Crippen LogP contribution in [0.25, 0.3) is 0 Å². The van der Waals surface area contributed by atoms with Crippen LogP contribution in [0.5, 0.6) is 0 Å². The molecule has 2 N–H and O–H groups in total. The number of carbonyl (C=O) groups excluding carboxylic acids is 1. The molecule has 0 saturated heterocycles. The lowest BCUT2D eigenvalue weighted by Gasteiger charge is -2.26. The highest BCUT2D eigenvalue weighted by Crippen LogP contribution is 2.14. The Labute approximate surface area is 116 Å². The van der Waals surface area contributed by atoms with E-state index in [0.717, 1.165) is 22.8 Å². The second-order valence-electron chi connectivity index (χ2n) is 5.09. The van der Waals surface area contributed by atoms with E-state index in [4.69, 9.17) is 4.52 Å². The Kier molecular flexibility index (Phi) is 3.27. The van der Waals surface area contributed by atoms with Crippen molar-refractivity contribution < 1.29 is 9.32 Å². The summed E-state index contributed by atoms with van der Waals surface area (Å²) in [4.78, 5) is 21.4. The minimum Gasteiger partial charge on any atom is -0.361 e. The van der Waals surface area contributed by atoms with Crippen LogP contribution in [0.2, 0.25) is 0 Å². The van der Waals surface area contributed by atoms with E-state index in [9.17, 15) is 4.79 Å². The molecule has 1 amide bonds. The van der Waals surface area contributed by atoms with Crippen molar-refractivity contribution in [1.82, 2.24) is 25.3 Å². The summed E-state index contributed by atoms with van der Waals surface area (Å²) in [5, 5.41) is 7.13. The third-order valence-corrected chi connectivity index (χ3v) is 3.48. The van der Waals surface area contributed by atoms with E-state index in [0.29, 0.717) is 19.5 Å². The molecule has 3 heterocycles. The van der Waals surface area contributed by atoms with Crippen LogP contribution >= 0.6 is 0 Å². The normalized spacial score (nSPS) is 17.8. The molecular weight excluding hydrogens is 258 g/mol. The zero-order chi connectivity index (χ0) is 14.1. The predicted molar refractivity (Wildman–Crippen MR) is 70.6 cm³/mol. The number of amides is 1. The average Bonchev–Trinajstić information content (AvgIpc) is 3.05. The van der Waals surface area contributed by atoms with Gasteiger partial charge in [-0.1, -0.05) is 5.16 Å². The summed E-state index contributed by atoms with van der Waals surface area (Å²) in [5.41, 5.74) is 2.78. The van der Waals surface area contributed by atoms with Gasteiger partial charge in [0.2, 0.25) is 5.91 Å². The number of aromatic amines is 1. The molecule has 20 heavy (non-hydrogen) atoms. The zero-order valence-electron chi connectivity index (χ0n) is 11.5. The van der Waals surface area contributed by atoms with Crippen molar-refractivity contribution in [1.29, 1.82) is 0 Å². The summed E-state index contributed by atoms with van der Waals surface area (Å²) < 4.78 is 5.01. The third-order valence-electron chi connectivity index (χ3n) is 3.48. The van der Waals surface area contributed by atoms with E-state index in [2.05, 4.69) is 20.4 Å². The molecule has 1 unspecified atom stereocenters. The van der Waals surface area contributed by atoms with E-state index >= 15 is 0 Å². The zero-order valence-corrected chi connectivity index (χ0v) is 11.5. The topological polar surface area (TPSA) is 87.0 Å². The number of aromatic nitrogens is 3. The Balaban J connectivity index is 1.64. The molecule has 1 atom stereocenters. The third kappa shape index (κ3) is 2.44. The molecule has 0 aromatic carbocycles. The minimum absolute atomic E-state index is 0.0410. The molecule has 2 aromatic heterocycles. The monoisotopic (exact) mass is 275 g/mol. The number of carbonyl (C=O) groups is 1. The Bertz CT molecular complexity index is 618. The van der Waals surface area contributed by atoms with Gasteiger partial charge in [-0.3, -0.25) is 10.1 Å². The van der Waals surface area contributed by atoms with E-state index < -0.39 is 0 Å². The van der Waals surface area contributed by atoms with Gasteiger partial charge in [-0.2, -0.15) is 0 Å². The van der Waals surface area contributed by atoms with E-state index in [-0.39, 0.29) is 11.9 Å². The molecular formula is C13H17N5O2. The number of nitrogens with one attached hydrogen (secondary N) is 2. The summed E-state index contributed by atoms with van der Waals surface area (Å²) in [6.07, 6.45) is 2.28. The van der Waals surface area contributed by atoms with E-state index in [1.54, 1.807) is 18.3 Å². The second-order valence-corrected chi connectivity index (χ2v) is 5.09. The largest absolute Gasteiger partial charge is 0.361 e. The molecule has 0 bridgehead atoms. The van der Waals surface area contributed by atoms with Crippen molar-refractivity contribution in [2.24, 2.45) is 0 Å². The van der Waals surface area contributed by atoms with Crippen LogP contribution in [0.4, 0.5) is 0 Å². The van der Waals surface area contributed by atoms with Crippen molar-refractivity contribution >= 4 is 5.91 Å². The molecule has 0 spiro atoms. The first-order chi connectivity index (χ1) is 9.63. The van der Waals surface area contributed by atoms with Crippen LogP contribution in [-0.4, -0.2) is 39.0 Å². The van der Waals surface area contributed by atoms with Crippen molar-refractivity contribution in [3.05, 3.63) is 35.2 Å². The fraction of sp³-hybridized carbons (Fsp3) is 0.462. The molecule has 7 heteroatoms. The molecule has 0 aliphatic carbocycles. The molecule has 0 saturated carbocycles. The van der Waals surface area contributed by atoms with Gasteiger partial charge in [0.25, 0.3) is 0 Å². The quantitative estimate of drug-likeness (QED) is 0.845. The summed E-state index contributed by atoms with van der Waals surface area (Å²) in [5.74, 6) is 0.789. The van der Waals surface area contributed by atoms with E-state index in [1.165, 1.54) is 0 Å². The lowest BCUT2D eigenvalue weighted by Crippen LogP contribution is -2.48. The van der Waals surface area contributed by atoms with Crippen LogP contribution in [0.15, 0.2) is 16.9 Å². The second kappa shape index (κ2) is 5.09. The summed E-state index contributed by atoms with van der Waals surface area (Å²) in [7, 11) is 1.77. The summed E-state index contributed by atoms with van der Waals surface area (Å²) in [6, 6.07) is 1.60. The highest BCUT2D eigenvalue weighted by Gasteiger charge is 2.28. The molecule has 7 nitrogen and oxygen atoms in total. The lowest BCUT2D eigenvalue weighted by atomic mass is 10.0. The highest BCUT2D eigenvalue weighted by atomic mass is 16.5. The maximum absolute atomic E-state index is 12.4. The van der Waals surface area contributed by atoms with Crippen molar-refractivity contribution in [2.45, 2.75) is 32.5 Å². The first-order valence-corrected chi connectivity index (χ1v) is 6.55. The number of aryl methyl sites for hydroxylation is 1. The van der Waals surface area contributed by atoms with Crippen molar-refractivity contribution in [3.8, 4) is 0 Å². The first-order valence-electron chi connectivity index (χ1n) is 6.55. The first kappa shape index (κ1) is 12.9. The van der Waals surface area contributed by atoms with Gasteiger partial charge in [0, 0.05) is 26.1 Å². The molecule has 0 fully saturated rings. The smallest absolute Gasteiger partial charge is 0.240 e. The van der Waals surface area contributed by atoms with Crippen molar-refractivity contribution in [3.63, 3.8) is 0 Å². The summed E-state index contributed by atoms with van der Waals surface area (Å²) in [6.45, 7) is 2.92. The Morgan fingerprint density at radius 2 is 2.45 bits per heavy atom. The number of H-pyrrole nitrogens is 1. The van der Waals surface area contributed by atoms with Gasteiger partial charge >= 0.3 is 0 Å². The Morgan fingerprint density at radius 1 is 1.60 bits per heavy atom. The molecule has 1 aliphatic rings. The van der Waals surface area contributed by atoms with Crippen LogP contribution < -0.4 is 5.32 Å². The summed E-state index contributed by atoms with van der Waals surface area (Å²) >= 11 is 0. The van der Waals surface area contributed by atoms with Gasteiger partial charge in [0.1, 0.15) is 11.5 Å². The lowest BCUT2D eigenvalue weighted by molar-refractivity contribution is -0.133. The maximum Gasteiger partial charge on any atom is 0.240 e. The fourth-order valence-electron chi connectivity index (χ4n) is 2.42. The maximum atomic E-state index is 12.4. The van der Waals surface area contributed by atoms with Crippen molar-refractivity contribution in [2.75, 3.05) is 7.05 Å². The molecule has 106 valence electrons. The van der Waals surface area contributed by atoms with Crippen LogP contribution in [-0.2, 0) is 24.3 Å². The SMILES string of the molecule is Cc1cc(CN(C)C(=O)C2Cc3nc[nH]c3CN2)no1. The number of nitrogens with zero attached hydrogens (tertiary/aromatic N) is 3.